The molecule has 0 bridgehead atoms. The smallest absolute Gasteiger partial charge is 0.00817 e. The molecule has 0 spiro atoms. The van der Waals surface area contributed by atoms with Gasteiger partial charge in [0.1, 0.15) is 0 Å². The number of thioether (sulfide) groups is 1. The molecular weight excluding hydrogens is 216 g/mol. The maximum absolute atomic E-state index is 3.64. The molecule has 3 unspecified atom stereocenters. The van der Waals surface area contributed by atoms with E-state index in [2.05, 4.69) is 30.7 Å². The lowest BCUT2D eigenvalue weighted by Crippen LogP contribution is -2.40. The normalized spacial score (nSPS) is 25.3. The summed E-state index contributed by atoms with van der Waals surface area (Å²) in [6, 6.07) is 1.42. The molecule has 0 aliphatic carbocycles. The van der Waals surface area contributed by atoms with Crippen LogP contribution in [0.3, 0.4) is 0 Å². The molecule has 1 saturated heterocycles. The van der Waals surface area contributed by atoms with Crippen LogP contribution in [0.4, 0.5) is 0 Å². The molecule has 0 saturated carbocycles. The minimum absolute atomic E-state index is 0.657. The van der Waals surface area contributed by atoms with Gasteiger partial charge in [0.05, 0.1) is 0 Å². The van der Waals surface area contributed by atoms with E-state index in [0.717, 1.165) is 17.8 Å². The van der Waals surface area contributed by atoms with Crippen LogP contribution in [0.1, 0.15) is 46.0 Å². The van der Waals surface area contributed by atoms with Gasteiger partial charge < -0.3 is 10.6 Å². The van der Waals surface area contributed by atoms with Gasteiger partial charge in [-0.2, -0.15) is 11.8 Å². The van der Waals surface area contributed by atoms with E-state index in [1.165, 1.54) is 38.6 Å². The number of piperidine rings is 1. The van der Waals surface area contributed by atoms with E-state index in [-0.39, 0.29) is 0 Å². The van der Waals surface area contributed by atoms with Crippen LogP contribution in [0, 0.1) is 0 Å². The lowest BCUT2D eigenvalue weighted by molar-refractivity contribution is 0.345. The molecule has 1 aliphatic heterocycles. The molecule has 1 fully saturated rings. The fourth-order valence-electron chi connectivity index (χ4n) is 2.29. The quantitative estimate of drug-likeness (QED) is 0.720. The summed E-state index contributed by atoms with van der Waals surface area (Å²) in [5.74, 6) is 0. The summed E-state index contributed by atoms with van der Waals surface area (Å²) < 4.78 is 0. The molecule has 3 atom stereocenters. The van der Waals surface area contributed by atoms with Gasteiger partial charge in [-0.1, -0.05) is 13.3 Å². The van der Waals surface area contributed by atoms with Crippen molar-refractivity contribution in [1.82, 2.24) is 10.6 Å². The zero-order valence-electron chi connectivity index (χ0n) is 11.1. The highest BCUT2D eigenvalue weighted by Crippen LogP contribution is 2.12. The van der Waals surface area contributed by atoms with Crippen molar-refractivity contribution in [2.75, 3.05) is 19.3 Å². The summed E-state index contributed by atoms with van der Waals surface area (Å²) in [6.07, 6.45) is 8.90. The molecule has 0 aromatic heterocycles. The Kier molecular flexibility index (Phi) is 7.50. The average molecular weight is 244 g/mol. The SMILES string of the molecule is CSC(C)CCNC(C)CC1CCCCN1. The van der Waals surface area contributed by atoms with E-state index in [1.807, 2.05) is 11.8 Å². The average Bonchev–Trinajstić information content (AvgIpc) is 2.30. The highest BCUT2D eigenvalue weighted by molar-refractivity contribution is 7.99. The maximum Gasteiger partial charge on any atom is 0.00817 e. The summed E-state index contributed by atoms with van der Waals surface area (Å²) in [5, 5.41) is 8.04. The molecule has 3 heteroatoms. The van der Waals surface area contributed by atoms with Crippen LogP contribution in [0.2, 0.25) is 0 Å². The van der Waals surface area contributed by atoms with Crippen LogP contribution >= 0.6 is 11.8 Å². The third-order valence-corrected chi connectivity index (χ3v) is 4.54. The minimum atomic E-state index is 0.657. The largest absolute Gasteiger partial charge is 0.314 e. The second kappa shape index (κ2) is 8.37. The van der Waals surface area contributed by atoms with Gasteiger partial charge in [-0.25, -0.2) is 0 Å². The first-order chi connectivity index (χ1) is 7.72. The summed E-state index contributed by atoms with van der Waals surface area (Å²) in [7, 11) is 0. The van der Waals surface area contributed by atoms with E-state index in [0.29, 0.717) is 6.04 Å². The summed E-state index contributed by atoms with van der Waals surface area (Å²) in [4.78, 5) is 0. The second-order valence-corrected chi connectivity index (χ2v) is 6.35. The Balaban J connectivity index is 2.03. The van der Waals surface area contributed by atoms with Gasteiger partial charge in [0, 0.05) is 17.3 Å². The maximum atomic E-state index is 3.64. The van der Waals surface area contributed by atoms with Crippen molar-refractivity contribution in [3.05, 3.63) is 0 Å². The van der Waals surface area contributed by atoms with Crippen LogP contribution in [-0.4, -0.2) is 36.7 Å². The van der Waals surface area contributed by atoms with Crippen molar-refractivity contribution in [1.29, 1.82) is 0 Å². The van der Waals surface area contributed by atoms with E-state index < -0.39 is 0 Å². The first-order valence-electron chi connectivity index (χ1n) is 6.72. The topological polar surface area (TPSA) is 24.1 Å². The Hall–Kier alpha value is 0.270. The lowest BCUT2D eigenvalue weighted by atomic mass is 9.99. The van der Waals surface area contributed by atoms with Gasteiger partial charge in [-0.05, 0) is 52.0 Å². The van der Waals surface area contributed by atoms with Gasteiger partial charge >= 0.3 is 0 Å². The molecule has 0 radical (unpaired) electrons. The lowest BCUT2D eigenvalue weighted by Gasteiger charge is -2.26. The monoisotopic (exact) mass is 244 g/mol. The number of hydrogen-bond acceptors (Lipinski definition) is 3. The summed E-state index contributed by atoms with van der Waals surface area (Å²) in [6.45, 7) is 7.01. The zero-order valence-corrected chi connectivity index (χ0v) is 11.9. The summed E-state index contributed by atoms with van der Waals surface area (Å²) in [5.41, 5.74) is 0. The molecule has 16 heavy (non-hydrogen) atoms. The molecule has 2 N–H and O–H groups in total. The number of nitrogens with one attached hydrogen (secondary N) is 2. The van der Waals surface area contributed by atoms with Gasteiger partial charge in [0.2, 0.25) is 0 Å². The van der Waals surface area contributed by atoms with Crippen molar-refractivity contribution in [2.24, 2.45) is 0 Å². The first-order valence-corrected chi connectivity index (χ1v) is 8.00. The molecule has 1 heterocycles. The fraction of sp³-hybridized carbons (Fsp3) is 1.00. The van der Waals surface area contributed by atoms with Crippen molar-refractivity contribution < 1.29 is 0 Å². The molecular formula is C13H28N2S. The third kappa shape index (κ3) is 6.12. The predicted molar refractivity (Wildman–Crippen MR) is 75.3 cm³/mol. The van der Waals surface area contributed by atoms with E-state index >= 15 is 0 Å². The molecule has 1 rings (SSSR count). The van der Waals surface area contributed by atoms with Gasteiger partial charge in [0.25, 0.3) is 0 Å². The molecule has 1 aliphatic rings. The third-order valence-electron chi connectivity index (χ3n) is 3.50. The number of hydrogen-bond donors (Lipinski definition) is 2. The van der Waals surface area contributed by atoms with Crippen molar-refractivity contribution >= 4 is 11.8 Å². The molecule has 96 valence electrons. The molecule has 0 amide bonds. The van der Waals surface area contributed by atoms with Crippen LogP contribution in [0.15, 0.2) is 0 Å². The molecule has 0 aromatic rings. The Bertz CT molecular complexity index is 169. The highest BCUT2D eigenvalue weighted by atomic mass is 32.2. The first kappa shape index (κ1) is 14.3. The predicted octanol–water partition coefficient (Wildman–Crippen LogP) is 2.64. The van der Waals surface area contributed by atoms with Crippen LogP contribution in [0.25, 0.3) is 0 Å². The zero-order chi connectivity index (χ0) is 11.8. The van der Waals surface area contributed by atoms with Gasteiger partial charge in [-0.15, -0.1) is 0 Å². The Morgan fingerprint density at radius 2 is 2.19 bits per heavy atom. The minimum Gasteiger partial charge on any atom is -0.314 e. The fourth-order valence-corrected chi connectivity index (χ4v) is 2.64. The van der Waals surface area contributed by atoms with Gasteiger partial charge in [-0.3, -0.25) is 0 Å². The Labute approximate surface area is 105 Å². The van der Waals surface area contributed by atoms with Crippen molar-refractivity contribution in [3.63, 3.8) is 0 Å². The highest BCUT2D eigenvalue weighted by Gasteiger charge is 2.15. The standard InChI is InChI=1S/C13H28N2S/c1-11(14-9-7-12(2)16-3)10-13-6-4-5-8-15-13/h11-15H,4-10H2,1-3H3. The summed E-state index contributed by atoms with van der Waals surface area (Å²) >= 11 is 1.96. The van der Waals surface area contributed by atoms with Crippen LogP contribution < -0.4 is 10.6 Å². The van der Waals surface area contributed by atoms with Crippen LogP contribution in [0.5, 0.6) is 0 Å². The van der Waals surface area contributed by atoms with Gasteiger partial charge in [0.15, 0.2) is 0 Å². The Morgan fingerprint density at radius 1 is 1.38 bits per heavy atom. The van der Waals surface area contributed by atoms with E-state index in [4.69, 9.17) is 0 Å². The van der Waals surface area contributed by atoms with Crippen molar-refractivity contribution in [2.45, 2.75) is 63.3 Å². The van der Waals surface area contributed by atoms with Crippen LogP contribution in [-0.2, 0) is 0 Å². The van der Waals surface area contributed by atoms with Crippen molar-refractivity contribution in [3.8, 4) is 0 Å². The Morgan fingerprint density at radius 3 is 2.81 bits per heavy atom. The number of rotatable bonds is 7. The van der Waals surface area contributed by atoms with E-state index in [9.17, 15) is 0 Å². The van der Waals surface area contributed by atoms with E-state index in [1.54, 1.807) is 0 Å². The molecule has 0 aromatic carbocycles. The molecule has 2 nitrogen and oxygen atoms in total. The second-order valence-electron chi connectivity index (χ2n) is 5.07.